The summed E-state index contributed by atoms with van der Waals surface area (Å²) in [6.45, 7) is 1.32. The number of sulfonamides is 1. The van der Waals surface area contributed by atoms with Gasteiger partial charge in [-0.05, 0) is 48.9 Å². The lowest BCUT2D eigenvalue weighted by Gasteiger charge is -2.26. The summed E-state index contributed by atoms with van der Waals surface area (Å²) in [6, 6.07) is 17.8. The van der Waals surface area contributed by atoms with Gasteiger partial charge in [-0.25, -0.2) is 8.42 Å². The van der Waals surface area contributed by atoms with Crippen molar-refractivity contribution in [2.24, 2.45) is 0 Å². The highest BCUT2D eigenvalue weighted by molar-refractivity contribution is 7.92. The van der Waals surface area contributed by atoms with Crippen LogP contribution in [0.4, 0.5) is 11.4 Å². The number of nitrogens with one attached hydrogen (secondary N) is 1. The average Bonchev–Trinajstić information content (AvgIpc) is 2.76. The number of nitrogens with zero attached hydrogens (tertiary/aromatic N) is 1. The molecule has 3 aromatic rings. The lowest BCUT2D eigenvalue weighted by molar-refractivity contribution is -0.114. The van der Waals surface area contributed by atoms with Gasteiger partial charge < -0.3 is 10.1 Å². The molecule has 9 heteroatoms. The summed E-state index contributed by atoms with van der Waals surface area (Å²) in [4.78, 5) is 12.9. The van der Waals surface area contributed by atoms with Crippen molar-refractivity contribution in [3.8, 4) is 5.75 Å². The number of aryl methyl sites for hydroxylation is 1. The van der Waals surface area contributed by atoms with Gasteiger partial charge in [0.1, 0.15) is 12.3 Å². The molecule has 0 aliphatic heterocycles. The number of carbonyl (C=O) groups is 1. The monoisotopic (exact) mass is 478 g/mol. The van der Waals surface area contributed by atoms with Crippen LogP contribution in [0.25, 0.3) is 0 Å². The molecule has 0 aromatic heterocycles. The first-order valence-corrected chi connectivity index (χ1v) is 11.4. The van der Waals surface area contributed by atoms with Gasteiger partial charge in [-0.3, -0.25) is 9.10 Å². The molecule has 31 heavy (non-hydrogen) atoms. The quantitative estimate of drug-likeness (QED) is 0.509. The fourth-order valence-electron chi connectivity index (χ4n) is 2.93. The smallest absolute Gasteiger partial charge is 0.264 e. The highest BCUT2D eigenvalue weighted by atomic mass is 35.5. The second-order valence-electron chi connectivity index (χ2n) is 6.65. The van der Waals surface area contributed by atoms with Crippen LogP contribution in [0.2, 0.25) is 10.0 Å². The number of carbonyl (C=O) groups excluding carboxylic acids is 1. The maximum atomic E-state index is 13.5. The van der Waals surface area contributed by atoms with Crippen molar-refractivity contribution in [1.82, 2.24) is 0 Å². The third kappa shape index (κ3) is 5.12. The van der Waals surface area contributed by atoms with E-state index in [2.05, 4.69) is 5.32 Å². The molecule has 1 N–H and O–H groups in total. The molecule has 0 saturated heterocycles. The molecule has 0 aliphatic carbocycles. The summed E-state index contributed by atoms with van der Waals surface area (Å²) in [5, 5.41) is 3.07. The molecule has 0 radical (unpaired) electrons. The van der Waals surface area contributed by atoms with Crippen molar-refractivity contribution < 1.29 is 17.9 Å². The number of halogens is 2. The van der Waals surface area contributed by atoms with Crippen molar-refractivity contribution in [1.29, 1.82) is 0 Å². The second kappa shape index (κ2) is 9.60. The van der Waals surface area contributed by atoms with E-state index >= 15 is 0 Å². The molecule has 1 amide bonds. The highest BCUT2D eigenvalue weighted by Gasteiger charge is 2.29. The van der Waals surface area contributed by atoms with E-state index in [9.17, 15) is 13.2 Å². The largest absolute Gasteiger partial charge is 0.495 e. The zero-order chi connectivity index (χ0) is 22.6. The second-order valence-corrected chi connectivity index (χ2v) is 9.30. The summed E-state index contributed by atoms with van der Waals surface area (Å²) in [5.74, 6) is -0.272. The van der Waals surface area contributed by atoms with Gasteiger partial charge in [-0.1, -0.05) is 53.5 Å². The summed E-state index contributed by atoms with van der Waals surface area (Å²) in [7, 11) is -2.64. The average molecular weight is 479 g/mol. The number of amides is 1. The maximum Gasteiger partial charge on any atom is 0.264 e. The van der Waals surface area contributed by atoms with Crippen molar-refractivity contribution in [3.63, 3.8) is 0 Å². The Hall–Kier alpha value is -2.74. The Morgan fingerprint density at radius 1 is 1.03 bits per heavy atom. The molecular weight excluding hydrogens is 459 g/mol. The molecule has 0 heterocycles. The van der Waals surface area contributed by atoms with Crippen molar-refractivity contribution in [3.05, 3.63) is 82.3 Å². The van der Waals surface area contributed by atoms with Gasteiger partial charge in [0.25, 0.3) is 10.0 Å². The van der Waals surface area contributed by atoms with Gasteiger partial charge >= 0.3 is 0 Å². The predicted molar refractivity (Wildman–Crippen MR) is 124 cm³/mol. The van der Waals surface area contributed by atoms with E-state index in [1.807, 2.05) is 6.92 Å². The summed E-state index contributed by atoms with van der Waals surface area (Å²) >= 11 is 12.1. The summed E-state index contributed by atoms with van der Waals surface area (Å²) < 4.78 is 33.3. The standard InChI is InChI=1S/C22H20Cl2N2O4S/c1-15-11-12-20(30-2)19(13-15)26(31(28,29)16-7-4-3-5-8-16)14-21(27)25-18-10-6-9-17(23)22(18)24/h3-13H,14H2,1-2H3,(H,25,27). The van der Waals surface area contributed by atoms with Crippen LogP contribution < -0.4 is 14.4 Å². The molecule has 0 atom stereocenters. The van der Waals surface area contributed by atoms with E-state index in [1.165, 1.54) is 19.2 Å². The number of hydrogen-bond donors (Lipinski definition) is 1. The Morgan fingerprint density at radius 2 is 1.74 bits per heavy atom. The van der Waals surface area contributed by atoms with Crippen LogP contribution in [0.5, 0.6) is 5.75 Å². The SMILES string of the molecule is COc1ccc(C)cc1N(CC(=O)Nc1cccc(Cl)c1Cl)S(=O)(=O)c1ccccc1. The number of rotatable bonds is 7. The molecule has 162 valence electrons. The highest BCUT2D eigenvalue weighted by Crippen LogP contribution is 2.34. The molecule has 0 aliphatic rings. The number of ether oxygens (including phenoxy) is 1. The number of anilines is 2. The molecule has 3 aromatic carbocycles. The molecule has 0 fully saturated rings. The lowest BCUT2D eigenvalue weighted by atomic mass is 10.2. The maximum absolute atomic E-state index is 13.5. The van der Waals surface area contributed by atoms with E-state index in [-0.39, 0.29) is 26.3 Å². The van der Waals surface area contributed by atoms with Crippen LogP contribution in [0, 0.1) is 6.92 Å². The molecule has 0 unspecified atom stereocenters. The minimum atomic E-state index is -4.08. The minimum absolute atomic E-state index is 0.0483. The minimum Gasteiger partial charge on any atom is -0.495 e. The lowest BCUT2D eigenvalue weighted by Crippen LogP contribution is -2.38. The van der Waals surface area contributed by atoms with Gasteiger partial charge in [-0.15, -0.1) is 0 Å². The topological polar surface area (TPSA) is 75.7 Å². The Kier molecular flexibility index (Phi) is 7.10. The van der Waals surface area contributed by atoms with Crippen molar-refractivity contribution in [2.45, 2.75) is 11.8 Å². The fourth-order valence-corrected chi connectivity index (χ4v) is 4.73. The Balaban J connectivity index is 2.04. The van der Waals surface area contributed by atoms with E-state index in [1.54, 1.807) is 54.6 Å². The zero-order valence-electron chi connectivity index (χ0n) is 16.8. The van der Waals surface area contributed by atoms with Gasteiger partial charge in [0, 0.05) is 0 Å². The van der Waals surface area contributed by atoms with Gasteiger partial charge in [0.15, 0.2) is 0 Å². The van der Waals surface area contributed by atoms with Crippen LogP contribution >= 0.6 is 23.2 Å². The first kappa shape index (κ1) is 22.9. The van der Waals surface area contributed by atoms with Crippen LogP contribution in [-0.4, -0.2) is 28.0 Å². The zero-order valence-corrected chi connectivity index (χ0v) is 19.1. The van der Waals surface area contributed by atoms with Crippen LogP contribution in [0.15, 0.2) is 71.6 Å². The van der Waals surface area contributed by atoms with Crippen molar-refractivity contribution >= 4 is 50.5 Å². The summed E-state index contributed by atoms with van der Waals surface area (Å²) in [6.07, 6.45) is 0. The van der Waals surface area contributed by atoms with E-state index in [0.29, 0.717) is 5.75 Å². The third-order valence-electron chi connectivity index (χ3n) is 4.45. The molecule has 0 spiro atoms. The van der Waals surface area contributed by atoms with Gasteiger partial charge in [0.05, 0.1) is 33.4 Å². The normalized spacial score (nSPS) is 11.1. The molecule has 6 nitrogen and oxygen atoms in total. The fraction of sp³-hybridized carbons (Fsp3) is 0.136. The molecule has 0 bridgehead atoms. The van der Waals surface area contributed by atoms with Crippen molar-refractivity contribution in [2.75, 3.05) is 23.3 Å². The number of hydrogen-bond acceptors (Lipinski definition) is 4. The van der Waals surface area contributed by atoms with Crippen LogP contribution in [0.3, 0.4) is 0 Å². The predicted octanol–water partition coefficient (Wildman–Crippen LogP) is 5.14. The Morgan fingerprint density at radius 3 is 2.42 bits per heavy atom. The Bertz CT molecular complexity index is 1200. The van der Waals surface area contributed by atoms with E-state index < -0.39 is 22.5 Å². The molecular formula is C22H20Cl2N2O4S. The third-order valence-corrected chi connectivity index (χ3v) is 7.04. The van der Waals surface area contributed by atoms with Gasteiger partial charge in [0.2, 0.25) is 5.91 Å². The first-order valence-electron chi connectivity index (χ1n) is 9.20. The Labute approximate surface area is 191 Å². The van der Waals surface area contributed by atoms with Gasteiger partial charge in [-0.2, -0.15) is 0 Å². The molecule has 0 saturated carbocycles. The number of methoxy groups -OCH3 is 1. The first-order chi connectivity index (χ1) is 14.7. The number of benzene rings is 3. The van der Waals surface area contributed by atoms with E-state index in [0.717, 1.165) is 9.87 Å². The van der Waals surface area contributed by atoms with Crippen LogP contribution in [-0.2, 0) is 14.8 Å². The van der Waals surface area contributed by atoms with Crippen LogP contribution in [0.1, 0.15) is 5.56 Å². The molecule has 3 rings (SSSR count). The van der Waals surface area contributed by atoms with E-state index in [4.69, 9.17) is 27.9 Å². The summed E-state index contributed by atoms with van der Waals surface area (Å²) in [5.41, 5.74) is 1.34.